The van der Waals surface area contributed by atoms with Gasteiger partial charge in [0.2, 0.25) is 0 Å². The van der Waals surface area contributed by atoms with E-state index in [1.807, 2.05) is 36.1 Å². The highest BCUT2D eigenvalue weighted by atomic mass is 16.4. The number of hydrogen-bond acceptors (Lipinski definition) is 3. The Morgan fingerprint density at radius 3 is 2.50 bits per heavy atom. The molecule has 0 aliphatic rings. The molecular weight excluding hydrogens is 204 g/mol. The topological polar surface area (TPSA) is 66.6 Å². The van der Waals surface area contributed by atoms with Crippen LogP contribution in [0.2, 0.25) is 0 Å². The molecule has 4 heteroatoms. The van der Waals surface area contributed by atoms with Gasteiger partial charge in [-0.3, -0.25) is 9.69 Å². The highest BCUT2D eigenvalue weighted by Gasteiger charge is 2.06. The van der Waals surface area contributed by atoms with Crippen molar-refractivity contribution in [1.82, 2.24) is 4.90 Å². The maximum atomic E-state index is 10.6. The quantitative estimate of drug-likeness (QED) is 0.710. The fourth-order valence-electron chi connectivity index (χ4n) is 1.51. The molecule has 0 atom stereocenters. The summed E-state index contributed by atoms with van der Waals surface area (Å²) in [4.78, 5) is 12.5. The highest BCUT2D eigenvalue weighted by Crippen LogP contribution is 2.06. The Morgan fingerprint density at radius 2 is 2.00 bits per heavy atom. The second kappa shape index (κ2) is 6.12. The molecule has 16 heavy (non-hydrogen) atoms. The van der Waals surface area contributed by atoms with Gasteiger partial charge in [-0.2, -0.15) is 0 Å². The van der Waals surface area contributed by atoms with E-state index in [9.17, 15) is 4.79 Å². The van der Waals surface area contributed by atoms with Gasteiger partial charge in [0.1, 0.15) is 0 Å². The van der Waals surface area contributed by atoms with Crippen LogP contribution in [-0.2, 0) is 11.2 Å². The summed E-state index contributed by atoms with van der Waals surface area (Å²) in [5.41, 5.74) is 7.52. The fraction of sp³-hybridized carbons (Fsp3) is 0.417. The van der Waals surface area contributed by atoms with Crippen LogP contribution in [0, 0.1) is 0 Å². The van der Waals surface area contributed by atoms with E-state index < -0.39 is 5.97 Å². The number of likely N-dealkylation sites (N-methyl/N-ethyl adjacent to an activating group) is 1. The van der Waals surface area contributed by atoms with Crippen molar-refractivity contribution >= 4 is 11.7 Å². The average Bonchev–Trinajstić information content (AvgIpc) is 2.26. The molecule has 0 fully saturated rings. The number of hydrogen-bond donors (Lipinski definition) is 2. The van der Waals surface area contributed by atoms with Crippen LogP contribution in [0.1, 0.15) is 12.5 Å². The number of carboxylic acids is 1. The molecule has 0 aliphatic carbocycles. The maximum Gasteiger partial charge on any atom is 0.317 e. The number of carboxylic acid groups (broad SMARTS) is 1. The molecule has 0 heterocycles. The molecule has 0 spiro atoms. The zero-order valence-electron chi connectivity index (χ0n) is 9.52. The predicted octanol–water partition coefficient (Wildman–Crippen LogP) is 1.22. The van der Waals surface area contributed by atoms with Crippen LogP contribution in [0.3, 0.4) is 0 Å². The number of nitrogen functional groups attached to an aromatic ring is 1. The van der Waals surface area contributed by atoms with E-state index in [2.05, 4.69) is 0 Å². The normalized spacial score (nSPS) is 10.6. The van der Waals surface area contributed by atoms with Gasteiger partial charge in [-0.15, -0.1) is 0 Å². The second-order valence-electron chi connectivity index (χ2n) is 3.75. The maximum absolute atomic E-state index is 10.6. The van der Waals surface area contributed by atoms with Crippen molar-refractivity contribution in [1.29, 1.82) is 0 Å². The van der Waals surface area contributed by atoms with E-state index in [1.165, 1.54) is 5.56 Å². The lowest BCUT2D eigenvalue weighted by Crippen LogP contribution is -2.31. The Morgan fingerprint density at radius 1 is 1.38 bits per heavy atom. The summed E-state index contributed by atoms with van der Waals surface area (Å²) in [7, 11) is 0. The van der Waals surface area contributed by atoms with Crippen molar-refractivity contribution in [2.45, 2.75) is 13.3 Å². The molecule has 1 aromatic carbocycles. The molecule has 0 amide bonds. The minimum Gasteiger partial charge on any atom is -0.480 e. The van der Waals surface area contributed by atoms with E-state index in [-0.39, 0.29) is 6.54 Å². The largest absolute Gasteiger partial charge is 0.480 e. The number of rotatable bonds is 6. The van der Waals surface area contributed by atoms with Gasteiger partial charge in [0, 0.05) is 12.2 Å². The number of benzene rings is 1. The molecule has 3 N–H and O–H groups in total. The van der Waals surface area contributed by atoms with Gasteiger partial charge < -0.3 is 10.8 Å². The molecule has 0 radical (unpaired) electrons. The third kappa shape index (κ3) is 4.31. The molecule has 88 valence electrons. The van der Waals surface area contributed by atoms with Gasteiger partial charge in [-0.1, -0.05) is 19.1 Å². The Kier molecular flexibility index (Phi) is 4.79. The molecule has 0 aromatic heterocycles. The molecule has 1 aromatic rings. The van der Waals surface area contributed by atoms with Crippen LogP contribution >= 0.6 is 0 Å². The number of aliphatic carboxylic acids is 1. The summed E-state index contributed by atoms with van der Waals surface area (Å²) in [5, 5.41) is 8.69. The summed E-state index contributed by atoms with van der Waals surface area (Å²) >= 11 is 0. The first kappa shape index (κ1) is 12.5. The average molecular weight is 222 g/mol. The first-order chi connectivity index (χ1) is 7.61. The highest BCUT2D eigenvalue weighted by molar-refractivity contribution is 5.69. The number of nitrogens with two attached hydrogens (primary N) is 1. The number of nitrogens with zero attached hydrogens (tertiary/aromatic N) is 1. The number of carbonyl (C=O) groups is 1. The van der Waals surface area contributed by atoms with E-state index in [0.717, 1.165) is 25.2 Å². The Balaban J connectivity index is 2.43. The summed E-state index contributed by atoms with van der Waals surface area (Å²) in [6.45, 7) is 3.57. The molecule has 0 aliphatic heterocycles. The van der Waals surface area contributed by atoms with Crippen molar-refractivity contribution in [3.8, 4) is 0 Å². The summed E-state index contributed by atoms with van der Waals surface area (Å²) in [6, 6.07) is 7.68. The lowest BCUT2D eigenvalue weighted by Gasteiger charge is -2.17. The van der Waals surface area contributed by atoms with E-state index in [0.29, 0.717) is 0 Å². The third-order valence-corrected chi connectivity index (χ3v) is 2.50. The minimum atomic E-state index is -0.779. The predicted molar refractivity (Wildman–Crippen MR) is 64.3 cm³/mol. The van der Waals surface area contributed by atoms with Crippen molar-refractivity contribution in [3.05, 3.63) is 29.8 Å². The van der Waals surface area contributed by atoms with Gasteiger partial charge in [0.25, 0.3) is 0 Å². The first-order valence-electron chi connectivity index (χ1n) is 5.40. The van der Waals surface area contributed by atoms with Gasteiger partial charge >= 0.3 is 5.97 Å². The summed E-state index contributed by atoms with van der Waals surface area (Å²) in [6.07, 6.45) is 0.849. The van der Waals surface area contributed by atoms with Crippen LogP contribution in [0.5, 0.6) is 0 Å². The van der Waals surface area contributed by atoms with Crippen molar-refractivity contribution in [2.24, 2.45) is 0 Å². The van der Waals surface area contributed by atoms with Gasteiger partial charge in [0.15, 0.2) is 0 Å². The zero-order chi connectivity index (χ0) is 12.0. The zero-order valence-corrected chi connectivity index (χ0v) is 9.52. The lowest BCUT2D eigenvalue weighted by molar-refractivity contribution is -0.138. The fourth-order valence-corrected chi connectivity index (χ4v) is 1.51. The van der Waals surface area contributed by atoms with Gasteiger partial charge in [-0.05, 0) is 30.7 Å². The standard InChI is InChI=1S/C12H18N2O2/c1-2-14(9-12(15)16)8-7-10-3-5-11(13)6-4-10/h3-6H,2,7-9,13H2,1H3,(H,15,16). The molecule has 4 nitrogen and oxygen atoms in total. The summed E-state index contributed by atoms with van der Waals surface area (Å²) < 4.78 is 0. The summed E-state index contributed by atoms with van der Waals surface area (Å²) in [5.74, 6) is -0.779. The van der Waals surface area contributed by atoms with Gasteiger partial charge in [0.05, 0.1) is 6.54 Å². The van der Waals surface area contributed by atoms with Crippen LogP contribution in [0.25, 0.3) is 0 Å². The van der Waals surface area contributed by atoms with Crippen molar-refractivity contribution in [2.75, 3.05) is 25.4 Å². The van der Waals surface area contributed by atoms with E-state index in [1.54, 1.807) is 0 Å². The Hall–Kier alpha value is -1.55. The molecule has 0 saturated carbocycles. The van der Waals surface area contributed by atoms with Crippen LogP contribution in [0.15, 0.2) is 24.3 Å². The SMILES string of the molecule is CCN(CCc1ccc(N)cc1)CC(=O)O. The van der Waals surface area contributed by atoms with Crippen molar-refractivity contribution in [3.63, 3.8) is 0 Å². The van der Waals surface area contributed by atoms with Gasteiger partial charge in [-0.25, -0.2) is 0 Å². The van der Waals surface area contributed by atoms with Crippen LogP contribution < -0.4 is 5.73 Å². The molecule has 0 bridgehead atoms. The van der Waals surface area contributed by atoms with Crippen LogP contribution in [0.4, 0.5) is 5.69 Å². The monoisotopic (exact) mass is 222 g/mol. The van der Waals surface area contributed by atoms with E-state index >= 15 is 0 Å². The molecule has 0 unspecified atom stereocenters. The molecule has 1 rings (SSSR count). The third-order valence-electron chi connectivity index (χ3n) is 2.50. The molecular formula is C12H18N2O2. The number of anilines is 1. The smallest absolute Gasteiger partial charge is 0.317 e. The van der Waals surface area contributed by atoms with E-state index in [4.69, 9.17) is 10.8 Å². The molecule has 0 saturated heterocycles. The lowest BCUT2D eigenvalue weighted by atomic mass is 10.1. The first-order valence-corrected chi connectivity index (χ1v) is 5.40. The Bertz CT molecular complexity index is 335. The second-order valence-corrected chi connectivity index (χ2v) is 3.75. The van der Waals surface area contributed by atoms with Crippen molar-refractivity contribution < 1.29 is 9.90 Å². The van der Waals surface area contributed by atoms with Crippen LogP contribution in [-0.4, -0.2) is 35.6 Å². The Labute approximate surface area is 95.7 Å². The minimum absolute atomic E-state index is 0.103.